The maximum Gasteiger partial charge on any atom is 0.253 e. The van der Waals surface area contributed by atoms with E-state index in [4.69, 9.17) is 14.2 Å². The van der Waals surface area contributed by atoms with Crippen LogP contribution in [0.15, 0.2) is 18.2 Å². The van der Waals surface area contributed by atoms with Gasteiger partial charge < -0.3 is 19.5 Å². The molecule has 5 heteroatoms. The number of amides is 1. The molecule has 0 aliphatic heterocycles. The highest BCUT2D eigenvalue weighted by Crippen LogP contribution is 2.30. The summed E-state index contributed by atoms with van der Waals surface area (Å²) in [4.78, 5) is 11.8. The van der Waals surface area contributed by atoms with Crippen molar-refractivity contribution in [1.82, 2.24) is 0 Å². The minimum atomic E-state index is -0.484. The SMILES string of the molecule is CCOc1ccc(NC(=O)C(C)OCC)cc1OC. The highest BCUT2D eigenvalue weighted by atomic mass is 16.5. The molecule has 1 N–H and O–H groups in total. The van der Waals surface area contributed by atoms with Crippen LogP contribution in [0.4, 0.5) is 5.69 Å². The van der Waals surface area contributed by atoms with Crippen LogP contribution in [0.1, 0.15) is 20.8 Å². The van der Waals surface area contributed by atoms with E-state index in [1.165, 1.54) is 0 Å². The van der Waals surface area contributed by atoms with E-state index in [0.29, 0.717) is 30.4 Å². The highest BCUT2D eigenvalue weighted by Gasteiger charge is 2.13. The Morgan fingerprint density at radius 1 is 1.26 bits per heavy atom. The predicted molar refractivity (Wildman–Crippen MR) is 73.9 cm³/mol. The molecule has 1 unspecified atom stereocenters. The zero-order chi connectivity index (χ0) is 14.3. The average molecular weight is 267 g/mol. The van der Waals surface area contributed by atoms with E-state index in [-0.39, 0.29) is 5.91 Å². The number of benzene rings is 1. The van der Waals surface area contributed by atoms with Gasteiger partial charge in [-0.05, 0) is 32.9 Å². The van der Waals surface area contributed by atoms with E-state index in [9.17, 15) is 4.79 Å². The second-order valence-electron chi connectivity index (χ2n) is 3.89. The average Bonchev–Trinajstić information content (AvgIpc) is 2.41. The first kappa shape index (κ1) is 15.3. The van der Waals surface area contributed by atoms with Crippen LogP contribution in [0, 0.1) is 0 Å². The third-order valence-corrected chi connectivity index (χ3v) is 2.52. The Kier molecular flexibility index (Phi) is 6.15. The van der Waals surface area contributed by atoms with Crippen molar-refractivity contribution >= 4 is 11.6 Å². The van der Waals surface area contributed by atoms with Crippen molar-refractivity contribution in [3.05, 3.63) is 18.2 Å². The Morgan fingerprint density at radius 3 is 2.58 bits per heavy atom. The molecule has 1 aromatic rings. The van der Waals surface area contributed by atoms with Gasteiger partial charge in [-0.3, -0.25) is 4.79 Å². The first-order chi connectivity index (χ1) is 9.12. The molecular weight excluding hydrogens is 246 g/mol. The quantitative estimate of drug-likeness (QED) is 0.824. The molecule has 19 heavy (non-hydrogen) atoms. The van der Waals surface area contributed by atoms with Crippen LogP contribution in [-0.4, -0.2) is 32.3 Å². The molecule has 0 fully saturated rings. The highest BCUT2D eigenvalue weighted by molar-refractivity contribution is 5.94. The molecule has 0 spiro atoms. The van der Waals surface area contributed by atoms with Gasteiger partial charge in [0, 0.05) is 18.4 Å². The van der Waals surface area contributed by atoms with Gasteiger partial charge in [-0.25, -0.2) is 0 Å². The second-order valence-corrected chi connectivity index (χ2v) is 3.89. The fourth-order valence-corrected chi connectivity index (χ4v) is 1.59. The van der Waals surface area contributed by atoms with Crippen molar-refractivity contribution in [2.45, 2.75) is 26.9 Å². The van der Waals surface area contributed by atoms with Crippen LogP contribution in [0.25, 0.3) is 0 Å². The number of methoxy groups -OCH3 is 1. The molecule has 0 radical (unpaired) electrons. The number of anilines is 1. The summed E-state index contributed by atoms with van der Waals surface area (Å²) < 4.78 is 15.9. The molecule has 0 aromatic heterocycles. The number of carbonyl (C=O) groups excluding carboxylic acids is 1. The smallest absolute Gasteiger partial charge is 0.253 e. The lowest BCUT2D eigenvalue weighted by Crippen LogP contribution is -2.27. The van der Waals surface area contributed by atoms with E-state index < -0.39 is 6.10 Å². The molecule has 0 heterocycles. The molecular formula is C14H21NO4. The van der Waals surface area contributed by atoms with Crippen LogP contribution in [0.3, 0.4) is 0 Å². The normalized spacial score (nSPS) is 11.8. The number of hydrogen-bond donors (Lipinski definition) is 1. The molecule has 106 valence electrons. The standard InChI is InChI=1S/C14H21NO4/c1-5-18-10(3)14(16)15-11-7-8-12(19-6-2)13(9-11)17-4/h7-10H,5-6H2,1-4H3,(H,15,16). The minimum absolute atomic E-state index is 0.187. The summed E-state index contributed by atoms with van der Waals surface area (Å²) in [7, 11) is 1.56. The van der Waals surface area contributed by atoms with Crippen LogP contribution < -0.4 is 14.8 Å². The lowest BCUT2D eigenvalue weighted by atomic mass is 10.2. The van der Waals surface area contributed by atoms with Gasteiger partial charge in [0.15, 0.2) is 11.5 Å². The number of hydrogen-bond acceptors (Lipinski definition) is 4. The van der Waals surface area contributed by atoms with Gasteiger partial charge in [0.25, 0.3) is 5.91 Å². The monoisotopic (exact) mass is 267 g/mol. The Hall–Kier alpha value is -1.75. The van der Waals surface area contributed by atoms with E-state index in [1.54, 1.807) is 32.2 Å². The summed E-state index contributed by atoms with van der Waals surface area (Å²) in [6, 6.07) is 5.26. The Bertz CT molecular complexity index is 420. The van der Waals surface area contributed by atoms with Gasteiger partial charge >= 0.3 is 0 Å². The van der Waals surface area contributed by atoms with Crippen molar-refractivity contribution in [1.29, 1.82) is 0 Å². The molecule has 0 saturated heterocycles. The van der Waals surface area contributed by atoms with E-state index in [1.807, 2.05) is 13.8 Å². The van der Waals surface area contributed by atoms with Crippen molar-refractivity contribution in [3.8, 4) is 11.5 Å². The maximum atomic E-state index is 11.8. The molecule has 0 aliphatic carbocycles. The molecule has 5 nitrogen and oxygen atoms in total. The van der Waals surface area contributed by atoms with Crippen molar-refractivity contribution in [2.24, 2.45) is 0 Å². The number of rotatable bonds is 7. The Morgan fingerprint density at radius 2 is 2.00 bits per heavy atom. The van der Waals surface area contributed by atoms with Gasteiger partial charge in [0.2, 0.25) is 0 Å². The van der Waals surface area contributed by atoms with E-state index in [0.717, 1.165) is 0 Å². The van der Waals surface area contributed by atoms with Crippen LogP contribution >= 0.6 is 0 Å². The van der Waals surface area contributed by atoms with Crippen molar-refractivity contribution < 1.29 is 19.0 Å². The molecule has 0 aliphatic rings. The predicted octanol–water partition coefficient (Wildman–Crippen LogP) is 2.46. The molecule has 1 rings (SSSR count). The van der Waals surface area contributed by atoms with Crippen LogP contribution in [-0.2, 0) is 9.53 Å². The zero-order valence-corrected chi connectivity index (χ0v) is 11.9. The van der Waals surface area contributed by atoms with Gasteiger partial charge in [0.1, 0.15) is 6.10 Å². The van der Waals surface area contributed by atoms with E-state index >= 15 is 0 Å². The summed E-state index contributed by atoms with van der Waals surface area (Å²) >= 11 is 0. The maximum absolute atomic E-state index is 11.8. The third kappa shape index (κ3) is 4.44. The van der Waals surface area contributed by atoms with Gasteiger partial charge in [0.05, 0.1) is 13.7 Å². The number of ether oxygens (including phenoxy) is 3. The van der Waals surface area contributed by atoms with Gasteiger partial charge in [-0.15, -0.1) is 0 Å². The van der Waals surface area contributed by atoms with Crippen LogP contribution in [0.2, 0.25) is 0 Å². The van der Waals surface area contributed by atoms with Crippen molar-refractivity contribution in [2.75, 3.05) is 25.6 Å². The summed E-state index contributed by atoms with van der Waals surface area (Å²) in [5.74, 6) is 1.05. The number of nitrogens with one attached hydrogen (secondary N) is 1. The molecule has 1 atom stereocenters. The fraction of sp³-hybridized carbons (Fsp3) is 0.500. The topological polar surface area (TPSA) is 56.8 Å². The lowest BCUT2D eigenvalue weighted by molar-refractivity contribution is -0.126. The summed E-state index contributed by atoms with van der Waals surface area (Å²) in [5, 5.41) is 2.77. The molecule has 0 bridgehead atoms. The first-order valence-electron chi connectivity index (χ1n) is 6.35. The molecule has 1 aromatic carbocycles. The third-order valence-electron chi connectivity index (χ3n) is 2.52. The van der Waals surface area contributed by atoms with E-state index in [2.05, 4.69) is 5.32 Å². The molecule has 1 amide bonds. The second kappa shape index (κ2) is 7.63. The summed E-state index contributed by atoms with van der Waals surface area (Å²) in [6.07, 6.45) is -0.484. The molecule has 0 saturated carbocycles. The zero-order valence-electron chi connectivity index (χ0n) is 11.9. The van der Waals surface area contributed by atoms with Crippen molar-refractivity contribution in [3.63, 3.8) is 0 Å². The van der Waals surface area contributed by atoms with Gasteiger partial charge in [-0.2, -0.15) is 0 Å². The van der Waals surface area contributed by atoms with Crippen LogP contribution in [0.5, 0.6) is 11.5 Å². The van der Waals surface area contributed by atoms with Gasteiger partial charge in [-0.1, -0.05) is 0 Å². The lowest BCUT2D eigenvalue weighted by Gasteiger charge is -2.14. The first-order valence-corrected chi connectivity index (χ1v) is 6.35. The number of carbonyl (C=O) groups is 1. The Balaban J connectivity index is 2.76. The minimum Gasteiger partial charge on any atom is -0.493 e. The fourth-order valence-electron chi connectivity index (χ4n) is 1.59. The largest absolute Gasteiger partial charge is 0.493 e. The Labute approximate surface area is 113 Å². The summed E-state index contributed by atoms with van der Waals surface area (Å²) in [5.41, 5.74) is 0.650. The summed E-state index contributed by atoms with van der Waals surface area (Å²) in [6.45, 7) is 6.53.